The van der Waals surface area contributed by atoms with Crippen molar-refractivity contribution in [2.45, 2.75) is 66.7 Å². The van der Waals surface area contributed by atoms with Crippen LogP contribution in [0.15, 0.2) is 0 Å². The van der Waals surface area contributed by atoms with Crippen molar-refractivity contribution in [3.8, 4) is 0 Å². The van der Waals surface area contributed by atoms with Crippen LogP contribution in [-0.2, 0) is 9.53 Å². The van der Waals surface area contributed by atoms with E-state index < -0.39 is 0 Å². The Labute approximate surface area is 101 Å². The number of esters is 1. The first kappa shape index (κ1) is 20.8. The number of aliphatic hydroxyl groups is 1. The molecule has 16 heavy (non-hydrogen) atoms. The van der Waals surface area contributed by atoms with E-state index in [2.05, 4.69) is 13.8 Å². The molecule has 3 nitrogen and oxygen atoms in total. The first-order valence-electron chi connectivity index (χ1n) is 5.99. The van der Waals surface area contributed by atoms with Crippen LogP contribution >= 0.6 is 0 Å². The van der Waals surface area contributed by atoms with Crippen LogP contribution < -0.4 is 0 Å². The summed E-state index contributed by atoms with van der Waals surface area (Å²) >= 11 is 0. The van der Waals surface area contributed by atoms with Crippen LogP contribution in [0.25, 0.3) is 0 Å². The number of carbonyl (C=O) groups excluding carboxylic acids is 1. The van der Waals surface area contributed by atoms with Gasteiger partial charge < -0.3 is 9.84 Å². The first-order valence-corrected chi connectivity index (χ1v) is 5.99. The molecule has 0 aromatic heterocycles. The van der Waals surface area contributed by atoms with E-state index in [0.29, 0.717) is 19.6 Å². The second kappa shape index (κ2) is 19.9. The Bertz CT molecular complexity index is 120. The summed E-state index contributed by atoms with van der Waals surface area (Å²) in [6, 6.07) is 0. The summed E-state index contributed by atoms with van der Waals surface area (Å²) in [5.41, 5.74) is 0. The molecule has 0 unspecified atom stereocenters. The van der Waals surface area contributed by atoms with Crippen molar-refractivity contribution in [2.24, 2.45) is 0 Å². The lowest BCUT2D eigenvalue weighted by Crippen LogP contribution is -2.02. The summed E-state index contributed by atoms with van der Waals surface area (Å²) in [5.74, 6) is -0.0700. The Morgan fingerprint density at radius 3 is 1.94 bits per heavy atom. The number of carbonyl (C=O) groups is 1. The largest absolute Gasteiger partial charge is 0.466 e. The lowest BCUT2D eigenvalue weighted by Gasteiger charge is -1.97. The molecule has 0 saturated heterocycles. The molecule has 3 heteroatoms. The molecule has 0 aromatic rings. The second-order valence-electron chi connectivity index (χ2n) is 3.34. The number of unbranched alkanes of at least 4 members (excludes halogenated alkanes) is 3. The summed E-state index contributed by atoms with van der Waals surface area (Å²) < 4.78 is 4.70. The third-order valence-corrected chi connectivity index (χ3v) is 1.80. The molecular formula is C13H30O3. The van der Waals surface area contributed by atoms with Crippen molar-refractivity contribution in [3.63, 3.8) is 0 Å². The average Bonchev–Trinajstić information content (AvgIpc) is 2.25. The van der Waals surface area contributed by atoms with Crippen molar-refractivity contribution in [1.29, 1.82) is 0 Å². The molecule has 0 fully saturated rings. The molecule has 0 radical (unpaired) electrons. The van der Waals surface area contributed by atoms with Gasteiger partial charge in [-0.1, -0.05) is 40.5 Å². The van der Waals surface area contributed by atoms with Gasteiger partial charge in [0, 0.05) is 13.0 Å². The van der Waals surface area contributed by atoms with Crippen LogP contribution in [0.3, 0.4) is 0 Å². The van der Waals surface area contributed by atoms with E-state index in [1.54, 1.807) is 0 Å². The Balaban J connectivity index is -0.000000214. The molecule has 0 rings (SSSR count). The summed E-state index contributed by atoms with van der Waals surface area (Å²) in [6.07, 6.45) is 5.90. The van der Waals surface area contributed by atoms with Gasteiger partial charge in [0.2, 0.25) is 0 Å². The fourth-order valence-electron chi connectivity index (χ4n) is 0.916. The molecule has 0 saturated carbocycles. The van der Waals surface area contributed by atoms with Crippen LogP contribution in [-0.4, -0.2) is 24.3 Å². The molecule has 0 aromatic carbocycles. The van der Waals surface area contributed by atoms with Gasteiger partial charge in [0.1, 0.15) is 0 Å². The van der Waals surface area contributed by atoms with E-state index in [0.717, 1.165) is 25.7 Å². The van der Waals surface area contributed by atoms with Gasteiger partial charge in [-0.15, -0.1) is 0 Å². The molecule has 0 amide bonds. The fourth-order valence-corrected chi connectivity index (χ4v) is 0.916. The van der Waals surface area contributed by atoms with Crippen molar-refractivity contribution in [3.05, 3.63) is 0 Å². The minimum Gasteiger partial charge on any atom is -0.466 e. The van der Waals surface area contributed by atoms with Crippen LogP contribution in [0.2, 0.25) is 0 Å². The normalized spacial score (nSPS) is 8.50. The third-order valence-electron chi connectivity index (χ3n) is 1.80. The molecule has 0 spiro atoms. The monoisotopic (exact) mass is 234 g/mol. The van der Waals surface area contributed by atoms with E-state index in [4.69, 9.17) is 9.84 Å². The quantitative estimate of drug-likeness (QED) is 0.541. The zero-order valence-electron chi connectivity index (χ0n) is 10.4. The zero-order valence-corrected chi connectivity index (χ0v) is 10.4. The molecule has 0 bridgehead atoms. The lowest BCUT2D eigenvalue weighted by molar-refractivity contribution is -0.143. The van der Waals surface area contributed by atoms with E-state index in [-0.39, 0.29) is 13.4 Å². The van der Waals surface area contributed by atoms with Crippen molar-refractivity contribution in [2.75, 3.05) is 13.2 Å². The highest BCUT2D eigenvalue weighted by Gasteiger charge is 1.97. The maximum absolute atomic E-state index is 10.6. The summed E-state index contributed by atoms with van der Waals surface area (Å²) in [4.78, 5) is 10.6. The predicted molar refractivity (Wildman–Crippen MR) is 69.5 cm³/mol. The second-order valence-corrected chi connectivity index (χ2v) is 3.34. The Morgan fingerprint density at radius 1 is 1.06 bits per heavy atom. The summed E-state index contributed by atoms with van der Waals surface area (Å²) in [6.45, 7) is 6.86. The molecule has 0 aliphatic rings. The number of aliphatic hydroxyl groups excluding tert-OH is 1. The van der Waals surface area contributed by atoms with Gasteiger partial charge in [-0.3, -0.25) is 4.79 Å². The van der Waals surface area contributed by atoms with Gasteiger partial charge in [0.05, 0.1) is 6.61 Å². The standard InChI is InChI=1S/C7H14O2.C5H12O.CH4/c1-3-5-6-7(8)9-4-2;1-2-3-4-5-6;/h3-6H2,1-2H3;6H,2-5H2,1H3;1H4. The average molecular weight is 234 g/mol. The maximum atomic E-state index is 10.6. The Morgan fingerprint density at radius 2 is 1.62 bits per heavy atom. The zero-order chi connectivity index (χ0) is 11.9. The van der Waals surface area contributed by atoms with Gasteiger partial charge in [0.15, 0.2) is 0 Å². The predicted octanol–water partition coefficient (Wildman–Crippen LogP) is 3.54. The molecule has 0 aliphatic heterocycles. The van der Waals surface area contributed by atoms with Crippen LogP contribution in [0.4, 0.5) is 0 Å². The summed E-state index contributed by atoms with van der Waals surface area (Å²) in [5, 5.41) is 8.20. The Hall–Kier alpha value is -0.570. The molecule has 100 valence electrons. The molecule has 0 heterocycles. The van der Waals surface area contributed by atoms with Crippen LogP contribution in [0.1, 0.15) is 66.7 Å². The van der Waals surface area contributed by atoms with Gasteiger partial charge in [-0.05, 0) is 19.8 Å². The topological polar surface area (TPSA) is 46.5 Å². The van der Waals surface area contributed by atoms with Crippen LogP contribution in [0, 0.1) is 0 Å². The number of hydrogen-bond acceptors (Lipinski definition) is 3. The van der Waals surface area contributed by atoms with Gasteiger partial charge in [-0.25, -0.2) is 0 Å². The Kier molecular flexibility index (Phi) is 25.9. The van der Waals surface area contributed by atoms with Gasteiger partial charge in [0.25, 0.3) is 0 Å². The molecule has 0 aliphatic carbocycles. The molecule has 1 N–H and O–H groups in total. The van der Waals surface area contributed by atoms with Crippen molar-refractivity contribution < 1.29 is 14.6 Å². The number of rotatable bonds is 7. The highest BCUT2D eigenvalue weighted by Crippen LogP contribution is 1.95. The molecule has 0 atom stereocenters. The molecular weight excluding hydrogens is 204 g/mol. The third kappa shape index (κ3) is 23.3. The van der Waals surface area contributed by atoms with Gasteiger partial charge in [-0.2, -0.15) is 0 Å². The summed E-state index contributed by atoms with van der Waals surface area (Å²) in [7, 11) is 0. The SMILES string of the molecule is C.CCCCC(=O)OCC.CCCCCO. The van der Waals surface area contributed by atoms with Gasteiger partial charge >= 0.3 is 5.97 Å². The first-order chi connectivity index (χ1) is 7.22. The fraction of sp³-hybridized carbons (Fsp3) is 0.923. The van der Waals surface area contributed by atoms with E-state index >= 15 is 0 Å². The minimum absolute atomic E-state index is 0. The number of ether oxygens (including phenoxy) is 1. The highest BCUT2D eigenvalue weighted by molar-refractivity contribution is 5.69. The number of hydrogen-bond donors (Lipinski definition) is 1. The van der Waals surface area contributed by atoms with E-state index in [9.17, 15) is 4.79 Å². The minimum atomic E-state index is -0.0700. The van der Waals surface area contributed by atoms with E-state index in [1.807, 2.05) is 6.92 Å². The highest BCUT2D eigenvalue weighted by atomic mass is 16.5. The smallest absolute Gasteiger partial charge is 0.305 e. The van der Waals surface area contributed by atoms with E-state index in [1.165, 1.54) is 6.42 Å². The van der Waals surface area contributed by atoms with Crippen molar-refractivity contribution in [1.82, 2.24) is 0 Å². The van der Waals surface area contributed by atoms with Crippen molar-refractivity contribution >= 4 is 5.97 Å². The van der Waals surface area contributed by atoms with Crippen LogP contribution in [0.5, 0.6) is 0 Å². The maximum Gasteiger partial charge on any atom is 0.305 e. The lowest BCUT2D eigenvalue weighted by atomic mass is 10.3.